The van der Waals surface area contributed by atoms with E-state index in [9.17, 15) is 9.59 Å². The van der Waals surface area contributed by atoms with Crippen molar-refractivity contribution in [2.75, 3.05) is 0 Å². The Morgan fingerprint density at radius 3 is 1.58 bits per heavy atom. The molecule has 0 heterocycles. The minimum Gasteiger partial charge on any atom is -0.481 e. The molecule has 0 spiro atoms. The van der Waals surface area contributed by atoms with Crippen LogP contribution >= 0.6 is 0 Å². The molecule has 0 saturated heterocycles. The minimum atomic E-state index is -0.712. The van der Waals surface area contributed by atoms with Crippen molar-refractivity contribution >= 4 is 11.9 Å². The first-order valence-corrected chi connectivity index (χ1v) is 15.7. The predicted molar refractivity (Wildman–Crippen MR) is 153 cm³/mol. The van der Waals surface area contributed by atoms with Gasteiger partial charge in [0.25, 0.3) is 0 Å². The van der Waals surface area contributed by atoms with Gasteiger partial charge in [0, 0.05) is 12.8 Å². The summed E-state index contributed by atoms with van der Waals surface area (Å²) in [6.45, 7) is 4.48. The number of rotatable bonds is 28. The zero-order chi connectivity index (χ0) is 26.5. The predicted octanol–water partition coefficient (Wildman–Crippen LogP) is 10.3. The zero-order valence-electron chi connectivity index (χ0n) is 24.1. The monoisotopic (exact) mass is 508 g/mol. The highest BCUT2D eigenvalue weighted by Crippen LogP contribution is 2.18. The molecule has 0 fully saturated rings. The maximum Gasteiger partial charge on any atom is 0.306 e. The zero-order valence-corrected chi connectivity index (χ0v) is 24.1. The molecule has 0 bridgehead atoms. The summed E-state index contributed by atoms with van der Waals surface area (Å²) in [6, 6.07) is 0. The van der Waals surface area contributed by atoms with E-state index >= 15 is 0 Å². The molecule has 36 heavy (non-hydrogen) atoms. The van der Waals surface area contributed by atoms with Crippen molar-refractivity contribution in [2.24, 2.45) is 0 Å². The number of unbranched alkanes of at least 4 members (excludes halogenated alkanes) is 17. The summed E-state index contributed by atoms with van der Waals surface area (Å²) in [5.74, 6) is -0.734. The van der Waals surface area contributed by atoms with Crippen LogP contribution in [0, 0.1) is 0 Å². The van der Waals surface area contributed by atoms with Crippen molar-refractivity contribution in [3.05, 3.63) is 12.2 Å². The van der Waals surface area contributed by atoms with E-state index < -0.39 is 5.97 Å². The van der Waals surface area contributed by atoms with Gasteiger partial charge in [-0.25, -0.2) is 0 Å². The molecule has 0 aromatic rings. The number of carbonyl (C=O) groups is 2. The molecule has 0 aliphatic rings. The Morgan fingerprint density at radius 1 is 0.583 bits per heavy atom. The highest BCUT2D eigenvalue weighted by Gasteiger charge is 2.14. The highest BCUT2D eigenvalue weighted by molar-refractivity contribution is 5.69. The Bertz CT molecular complexity index is 514. The van der Waals surface area contributed by atoms with Crippen LogP contribution in [0.1, 0.15) is 174 Å². The molecule has 1 N–H and O–H groups in total. The first-order chi connectivity index (χ1) is 17.6. The van der Waals surface area contributed by atoms with E-state index in [1.54, 1.807) is 0 Å². The Kier molecular flexibility index (Phi) is 27.2. The lowest BCUT2D eigenvalue weighted by Gasteiger charge is -2.18. The quantitative estimate of drug-likeness (QED) is 0.0648. The summed E-state index contributed by atoms with van der Waals surface area (Å²) in [4.78, 5) is 23.1. The number of carboxylic acid groups (broad SMARTS) is 1. The SMILES string of the molecule is CCCC/C=C\CCCCCCCCC(=O)OC(CCCCCCCCC)CCCCCCC(=O)O. The number of hydrogen-bond acceptors (Lipinski definition) is 3. The Hall–Kier alpha value is -1.32. The van der Waals surface area contributed by atoms with Crippen molar-refractivity contribution < 1.29 is 19.4 Å². The maximum absolute atomic E-state index is 12.5. The maximum atomic E-state index is 12.5. The molecule has 0 aromatic carbocycles. The van der Waals surface area contributed by atoms with Gasteiger partial charge in [0.2, 0.25) is 0 Å². The van der Waals surface area contributed by atoms with Crippen molar-refractivity contribution in [3.63, 3.8) is 0 Å². The average molecular weight is 509 g/mol. The molecule has 4 nitrogen and oxygen atoms in total. The number of esters is 1. The summed E-state index contributed by atoms with van der Waals surface area (Å²) in [5.41, 5.74) is 0. The molecule has 0 saturated carbocycles. The summed E-state index contributed by atoms with van der Waals surface area (Å²) in [6.07, 6.45) is 32.1. The third kappa shape index (κ3) is 27.3. The second kappa shape index (κ2) is 28.3. The average Bonchev–Trinajstić information content (AvgIpc) is 2.85. The Balaban J connectivity index is 3.99. The summed E-state index contributed by atoms with van der Waals surface area (Å²) in [5, 5.41) is 8.77. The van der Waals surface area contributed by atoms with E-state index in [-0.39, 0.29) is 18.5 Å². The first kappa shape index (κ1) is 34.7. The first-order valence-electron chi connectivity index (χ1n) is 15.7. The van der Waals surface area contributed by atoms with E-state index in [0.717, 1.165) is 57.8 Å². The van der Waals surface area contributed by atoms with Crippen LogP contribution in [0.3, 0.4) is 0 Å². The molecule has 0 radical (unpaired) electrons. The van der Waals surface area contributed by atoms with Gasteiger partial charge in [-0.1, -0.05) is 116 Å². The molecule has 0 aromatic heterocycles. The third-order valence-corrected chi connectivity index (χ3v) is 6.99. The van der Waals surface area contributed by atoms with Gasteiger partial charge in [-0.2, -0.15) is 0 Å². The van der Waals surface area contributed by atoms with Gasteiger partial charge in [-0.05, 0) is 57.8 Å². The minimum absolute atomic E-state index is 0.0222. The summed E-state index contributed by atoms with van der Waals surface area (Å²) >= 11 is 0. The lowest BCUT2D eigenvalue weighted by atomic mass is 10.0. The Morgan fingerprint density at radius 2 is 1.03 bits per heavy atom. The number of aliphatic carboxylic acids is 1. The van der Waals surface area contributed by atoms with Crippen LogP contribution in [-0.4, -0.2) is 23.1 Å². The van der Waals surface area contributed by atoms with Crippen molar-refractivity contribution in [1.29, 1.82) is 0 Å². The molecular weight excluding hydrogens is 448 g/mol. The molecule has 1 atom stereocenters. The van der Waals surface area contributed by atoms with E-state index in [4.69, 9.17) is 9.84 Å². The lowest BCUT2D eigenvalue weighted by Crippen LogP contribution is -2.18. The van der Waals surface area contributed by atoms with Crippen molar-refractivity contribution in [1.82, 2.24) is 0 Å². The molecule has 4 heteroatoms. The molecule has 0 aliphatic heterocycles. The van der Waals surface area contributed by atoms with Crippen molar-refractivity contribution in [2.45, 2.75) is 180 Å². The summed E-state index contributed by atoms with van der Waals surface area (Å²) < 4.78 is 5.90. The second-order valence-corrected chi connectivity index (χ2v) is 10.6. The fourth-order valence-corrected chi connectivity index (χ4v) is 4.63. The lowest BCUT2D eigenvalue weighted by molar-refractivity contribution is -0.150. The number of carboxylic acids is 1. The van der Waals surface area contributed by atoms with Gasteiger partial charge in [-0.3, -0.25) is 9.59 Å². The third-order valence-electron chi connectivity index (χ3n) is 6.99. The highest BCUT2D eigenvalue weighted by atomic mass is 16.5. The van der Waals surface area contributed by atoms with Crippen LogP contribution in [0.25, 0.3) is 0 Å². The van der Waals surface area contributed by atoms with Crippen LogP contribution in [0.15, 0.2) is 12.2 Å². The number of ether oxygens (including phenoxy) is 1. The number of allylic oxidation sites excluding steroid dienone is 2. The fourth-order valence-electron chi connectivity index (χ4n) is 4.63. The molecule has 212 valence electrons. The van der Waals surface area contributed by atoms with Gasteiger partial charge < -0.3 is 9.84 Å². The smallest absolute Gasteiger partial charge is 0.306 e. The van der Waals surface area contributed by atoms with Crippen LogP contribution in [0.4, 0.5) is 0 Å². The van der Waals surface area contributed by atoms with Gasteiger partial charge in [-0.15, -0.1) is 0 Å². The number of hydrogen-bond donors (Lipinski definition) is 1. The fraction of sp³-hybridized carbons (Fsp3) is 0.875. The number of carbonyl (C=O) groups excluding carboxylic acids is 1. The van der Waals surface area contributed by atoms with Crippen LogP contribution < -0.4 is 0 Å². The largest absolute Gasteiger partial charge is 0.481 e. The topological polar surface area (TPSA) is 63.6 Å². The van der Waals surface area contributed by atoms with Gasteiger partial charge >= 0.3 is 11.9 Å². The normalized spacial score (nSPS) is 12.3. The van der Waals surface area contributed by atoms with Crippen LogP contribution in [0.2, 0.25) is 0 Å². The van der Waals surface area contributed by atoms with Gasteiger partial charge in [0.15, 0.2) is 0 Å². The van der Waals surface area contributed by atoms with Gasteiger partial charge in [0.1, 0.15) is 6.10 Å². The molecular formula is C32H60O4. The van der Waals surface area contributed by atoms with Gasteiger partial charge in [0.05, 0.1) is 0 Å². The standard InChI is InChI=1S/C32H60O4/c1-3-5-7-9-11-12-13-14-15-17-19-25-29-32(35)36-30(26-22-18-16-10-8-6-4-2)27-23-20-21-24-28-31(33)34/h9,11,30H,3-8,10,12-29H2,1-2H3,(H,33,34)/b11-9-. The van der Waals surface area contributed by atoms with E-state index in [1.807, 2.05) is 0 Å². The molecule has 0 aliphatic carbocycles. The molecule has 0 rings (SSSR count). The van der Waals surface area contributed by atoms with Crippen LogP contribution in [-0.2, 0) is 14.3 Å². The Labute approximate surface area is 224 Å². The second-order valence-electron chi connectivity index (χ2n) is 10.6. The van der Waals surface area contributed by atoms with E-state index in [2.05, 4.69) is 26.0 Å². The van der Waals surface area contributed by atoms with Crippen LogP contribution in [0.5, 0.6) is 0 Å². The van der Waals surface area contributed by atoms with E-state index in [0.29, 0.717) is 6.42 Å². The summed E-state index contributed by atoms with van der Waals surface area (Å²) in [7, 11) is 0. The molecule has 1 unspecified atom stereocenters. The molecule has 0 amide bonds. The van der Waals surface area contributed by atoms with E-state index in [1.165, 1.54) is 89.9 Å². The van der Waals surface area contributed by atoms with Crippen molar-refractivity contribution in [3.8, 4) is 0 Å².